The van der Waals surface area contributed by atoms with Crippen molar-refractivity contribution in [2.75, 3.05) is 6.61 Å². The Labute approximate surface area is 105 Å². The Morgan fingerprint density at radius 2 is 1.61 bits per heavy atom. The van der Waals surface area contributed by atoms with Crippen molar-refractivity contribution < 1.29 is 30.0 Å². The second kappa shape index (κ2) is 7.42. The highest BCUT2D eigenvalue weighted by atomic mass is 16.4. The second-order valence-electron chi connectivity index (χ2n) is 4.47. The molecule has 0 spiro atoms. The zero-order chi connectivity index (χ0) is 14.5. The summed E-state index contributed by atoms with van der Waals surface area (Å²) in [5, 5.41) is 39.4. The SMILES string of the molecule is CC(=O)N[C@@H](C(=O)C(C)C)[C@@H](O)[C@H](O)[C@H](O)CO. The van der Waals surface area contributed by atoms with Gasteiger partial charge in [-0.25, -0.2) is 0 Å². The fourth-order valence-corrected chi connectivity index (χ4v) is 1.44. The average Bonchev–Trinajstić information content (AvgIpc) is 2.31. The van der Waals surface area contributed by atoms with Crippen LogP contribution in [0.25, 0.3) is 0 Å². The van der Waals surface area contributed by atoms with Crippen molar-refractivity contribution in [3.8, 4) is 0 Å². The molecule has 0 saturated heterocycles. The van der Waals surface area contributed by atoms with Crippen molar-refractivity contribution in [2.24, 2.45) is 5.92 Å². The lowest BCUT2D eigenvalue weighted by Crippen LogP contribution is -2.56. The number of carbonyl (C=O) groups excluding carboxylic acids is 2. The molecule has 106 valence electrons. The molecule has 0 fully saturated rings. The van der Waals surface area contributed by atoms with Crippen LogP contribution in [-0.4, -0.2) is 63.1 Å². The van der Waals surface area contributed by atoms with Gasteiger partial charge >= 0.3 is 0 Å². The molecule has 0 saturated carbocycles. The van der Waals surface area contributed by atoms with Crippen LogP contribution in [0.5, 0.6) is 0 Å². The van der Waals surface area contributed by atoms with Crippen LogP contribution in [0.2, 0.25) is 0 Å². The molecule has 7 nitrogen and oxygen atoms in total. The van der Waals surface area contributed by atoms with E-state index in [9.17, 15) is 24.9 Å². The molecule has 5 N–H and O–H groups in total. The van der Waals surface area contributed by atoms with E-state index < -0.39 is 48.6 Å². The van der Waals surface area contributed by atoms with E-state index in [-0.39, 0.29) is 0 Å². The number of aliphatic hydroxyl groups is 4. The third-order valence-corrected chi connectivity index (χ3v) is 2.51. The van der Waals surface area contributed by atoms with Crippen LogP contribution in [0.15, 0.2) is 0 Å². The lowest BCUT2D eigenvalue weighted by atomic mass is 9.92. The minimum Gasteiger partial charge on any atom is -0.394 e. The molecule has 1 amide bonds. The first kappa shape index (κ1) is 17.0. The topological polar surface area (TPSA) is 127 Å². The van der Waals surface area contributed by atoms with Crippen molar-refractivity contribution >= 4 is 11.7 Å². The standard InChI is InChI=1S/C11H21NO6/c1-5(2)9(16)8(12-6(3)14)11(18)10(17)7(15)4-13/h5,7-8,10-11,13,15,17-18H,4H2,1-3H3,(H,12,14)/t7-,8+,10-,11-/m1/s1. The molecule has 4 atom stereocenters. The van der Waals surface area contributed by atoms with Crippen LogP contribution in [0, 0.1) is 5.92 Å². The van der Waals surface area contributed by atoms with Crippen LogP contribution >= 0.6 is 0 Å². The summed E-state index contributed by atoms with van der Waals surface area (Å²) in [5.41, 5.74) is 0. The molecule has 18 heavy (non-hydrogen) atoms. The number of ketones is 1. The summed E-state index contributed by atoms with van der Waals surface area (Å²) in [6.45, 7) is 3.57. The van der Waals surface area contributed by atoms with Crippen LogP contribution in [0.1, 0.15) is 20.8 Å². The van der Waals surface area contributed by atoms with Gasteiger partial charge in [-0.15, -0.1) is 0 Å². The van der Waals surface area contributed by atoms with Crippen molar-refractivity contribution in [2.45, 2.75) is 45.1 Å². The average molecular weight is 263 g/mol. The predicted molar refractivity (Wildman–Crippen MR) is 62.6 cm³/mol. The maximum Gasteiger partial charge on any atom is 0.217 e. The minimum absolute atomic E-state index is 0.463. The summed E-state index contributed by atoms with van der Waals surface area (Å²) in [6, 6.07) is -1.32. The highest BCUT2D eigenvalue weighted by molar-refractivity contribution is 5.90. The largest absolute Gasteiger partial charge is 0.394 e. The molecule has 0 radical (unpaired) electrons. The zero-order valence-corrected chi connectivity index (χ0v) is 10.7. The molecule has 0 aliphatic heterocycles. The number of rotatable bonds is 7. The van der Waals surface area contributed by atoms with Gasteiger partial charge in [0, 0.05) is 12.8 Å². The summed E-state index contributed by atoms with van der Waals surface area (Å²) in [6.07, 6.45) is -5.00. The van der Waals surface area contributed by atoms with Crippen molar-refractivity contribution in [1.82, 2.24) is 5.32 Å². The van der Waals surface area contributed by atoms with E-state index in [0.717, 1.165) is 0 Å². The molecular formula is C11H21NO6. The third kappa shape index (κ3) is 4.69. The molecule has 0 rings (SSSR count). The quantitative estimate of drug-likeness (QED) is 0.354. The summed E-state index contributed by atoms with van der Waals surface area (Å²) in [4.78, 5) is 22.8. The van der Waals surface area contributed by atoms with Gasteiger partial charge in [0.15, 0.2) is 5.78 Å². The van der Waals surface area contributed by atoms with E-state index in [4.69, 9.17) is 5.11 Å². The van der Waals surface area contributed by atoms with Gasteiger partial charge in [0.2, 0.25) is 5.91 Å². The number of amides is 1. The molecule has 0 aromatic rings. The lowest BCUT2D eigenvalue weighted by molar-refractivity contribution is -0.138. The molecule has 0 aliphatic rings. The molecule has 0 bridgehead atoms. The van der Waals surface area contributed by atoms with Crippen LogP contribution in [-0.2, 0) is 9.59 Å². The number of carbonyl (C=O) groups is 2. The number of nitrogens with one attached hydrogen (secondary N) is 1. The van der Waals surface area contributed by atoms with Gasteiger partial charge < -0.3 is 25.7 Å². The highest BCUT2D eigenvalue weighted by Crippen LogP contribution is 2.10. The van der Waals surface area contributed by atoms with E-state index in [0.29, 0.717) is 0 Å². The molecule has 0 unspecified atom stereocenters. The molecule has 7 heteroatoms. The number of hydrogen-bond donors (Lipinski definition) is 5. The Hall–Kier alpha value is -1.02. The molecular weight excluding hydrogens is 242 g/mol. The first-order chi connectivity index (χ1) is 8.22. The predicted octanol–water partition coefficient (Wildman–Crippen LogP) is -2.21. The van der Waals surface area contributed by atoms with Gasteiger partial charge in [-0.05, 0) is 0 Å². The number of aliphatic hydroxyl groups excluding tert-OH is 4. The van der Waals surface area contributed by atoms with Crippen molar-refractivity contribution in [1.29, 1.82) is 0 Å². The van der Waals surface area contributed by atoms with Crippen LogP contribution in [0.4, 0.5) is 0 Å². The summed E-state index contributed by atoms with van der Waals surface area (Å²) >= 11 is 0. The fourth-order valence-electron chi connectivity index (χ4n) is 1.44. The first-order valence-electron chi connectivity index (χ1n) is 5.68. The van der Waals surface area contributed by atoms with Crippen molar-refractivity contribution in [3.63, 3.8) is 0 Å². The van der Waals surface area contributed by atoms with Gasteiger partial charge in [0.1, 0.15) is 24.4 Å². The van der Waals surface area contributed by atoms with E-state index in [2.05, 4.69) is 5.32 Å². The highest BCUT2D eigenvalue weighted by Gasteiger charge is 2.36. The summed E-state index contributed by atoms with van der Waals surface area (Å²) in [5.74, 6) is -1.48. The molecule has 0 aromatic heterocycles. The Morgan fingerprint density at radius 3 is 1.94 bits per heavy atom. The van der Waals surface area contributed by atoms with Crippen LogP contribution < -0.4 is 5.32 Å². The Bertz CT molecular complexity index is 293. The third-order valence-electron chi connectivity index (χ3n) is 2.51. The van der Waals surface area contributed by atoms with Crippen molar-refractivity contribution in [3.05, 3.63) is 0 Å². The Balaban J connectivity index is 4.95. The monoisotopic (exact) mass is 263 g/mol. The summed E-state index contributed by atoms with van der Waals surface area (Å²) < 4.78 is 0. The Kier molecular flexibility index (Phi) is 7.00. The maximum atomic E-state index is 11.8. The smallest absolute Gasteiger partial charge is 0.217 e. The fraction of sp³-hybridized carbons (Fsp3) is 0.818. The second-order valence-corrected chi connectivity index (χ2v) is 4.47. The van der Waals surface area contributed by atoms with Gasteiger partial charge in [0.25, 0.3) is 0 Å². The molecule has 0 heterocycles. The van der Waals surface area contributed by atoms with E-state index in [1.807, 2.05) is 0 Å². The lowest BCUT2D eigenvalue weighted by Gasteiger charge is -2.29. The first-order valence-corrected chi connectivity index (χ1v) is 5.68. The number of hydrogen-bond acceptors (Lipinski definition) is 6. The zero-order valence-electron chi connectivity index (χ0n) is 10.7. The normalized spacial score (nSPS) is 18.0. The van der Waals surface area contributed by atoms with E-state index in [1.165, 1.54) is 6.92 Å². The Morgan fingerprint density at radius 1 is 1.11 bits per heavy atom. The van der Waals surface area contributed by atoms with Gasteiger partial charge in [0.05, 0.1) is 6.61 Å². The van der Waals surface area contributed by atoms with E-state index >= 15 is 0 Å². The number of Topliss-reactive ketones (excluding diaryl/α,β-unsaturated/α-hetero) is 1. The summed E-state index contributed by atoms with van der Waals surface area (Å²) in [7, 11) is 0. The maximum absolute atomic E-state index is 11.8. The van der Waals surface area contributed by atoms with Gasteiger partial charge in [-0.1, -0.05) is 13.8 Å². The van der Waals surface area contributed by atoms with E-state index in [1.54, 1.807) is 13.8 Å². The van der Waals surface area contributed by atoms with Crippen LogP contribution in [0.3, 0.4) is 0 Å². The minimum atomic E-state index is -1.73. The molecule has 0 aliphatic carbocycles. The molecule has 0 aromatic carbocycles. The van der Waals surface area contributed by atoms with Gasteiger partial charge in [-0.2, -0.15) is 0 Å². The van der Waals surface area contributed by atoms with Gasteiger partial charge in [-0.3, -0.25) is 9.59 Å².